The molecule has 0 atom stereocenters. The molecule has 1 aliphatic carbocycles. The molecule has 74 valence electrons. The molecule has 1 rings (SSSR count). The summed E-state index contributed by atoms with van der Waals surface area (Å²) in [5, 5.41) is 2.92. The summed E-state index contributed by atoms with van der Waals surface area (Å²) in [6.45, 7) is 1.55. The van der Waals surface area contributed by atoms with Crippen molar-refractivity contribution in [1.29, 1.82) is 0 Å². The lowest BCUT2D eigenvalue weighted by molar-refractivity contribution is -0.120. The van der Waals surface area contributed by atoms with E-state index in [-0.39, 0.29) is 5.91 Å². The van der Waals surface area contributed by atoms with Gasteiger partial charge in [-0.3, -0.25) is 4.79 Å². The summed E-state index contributed by atoms with van der Waals surface area (Å²) in [6, 6.07) is 0.348. The van der Waals surface area contributed by atoms with Gasteiger partial charge in [0.1, 0.15) is 6.29 Å². The van der Waals surface area contributed by atoms with E-state index in [0.29, 0.717) is 18.4 Å². The summed E-state index contributed by atoms with van der Waals surface area (Å²) in [6.07, 6.45) is 5.89. The molecule has 1 N–H and O–H groups in total. The Kier molecular flexibility index (Phi) is 3.93. The van der Waals surface area contributed by atoms with Gasteiger partial charge in [0.05, 0.1) is 0 Å². The third-order valence-electron chi connectivity index (χ3n) is 2.68. The maximum absolute atomic E-state index is 10.8. The first-order chi connectivity index (χ1) is 6.22. The summed E-state index contributed by atoms with van der Waals surface area (Å²) in [4.78, 5) is 21.0. The largest absolute Gasteiger partial charge is 0.354 e. The van der Waals surface area contributed by atoms with Crippen LogP contribution in [0.25, 0.3) is 0 Å². The average molecular weight is 183 g/mol. The van der Waals surface area contributed by atoms with Crippen molar-refractivity contribution in [3.8, 4) is 0 Å². The van der Waals surface area contributed by atoms with Gasteiger partial charge in [-0.1, -0.05) is 0 Å². The number of aldehydes is 1. The molecule has 13 heavy (non-hydrogen) atoms. The van der Waals surface area contributed by atoms with E-state index in [1.165, 1.54) is 0 Å². The number of hydrogen-bond donors (Lipinski definition) is 1. The van der Waals surface area contributed by atoms with Crippen LogP contribution in [0.2, 0.25) is 0 Å². The van der Waals surface area contributed by atoms with Gasteiger partial charge in [-0.05, 0) is 31.6 Å². The van der Waals surface area contributed by atoms with Crippen molar-refractivity contribution in [3.63, 3.8) is 0 Å². The van der Waals surface area contributed by atoms with Crippen LogP contribution in [0.5, 0.6) is 0 Å². The number of carbonyl (C=O) groups is 2. The van der Waals surface area contributed by atoms with Crippen LogP contribution in [0.15, 0.2) is 0 Å². The zero-order valence-corrected chi connectivity index (χ0v) is 8.08. The zero-order chi connectivity index (χ0) is 9.68. The average Bonchev–Trinajstić information content (AvgIpc) is 2.08. The predicted octanol–water partition coefficient (Wildman–Crippen LogP) is 1.27. The molecule has 0 heterocycles. The molecule has 0 spiro atoms. The molecule has 0 aromatic carbocycles. The Morgan fingerprint density at radius 3 is 2.46 bits per heavy atom. The van der Waals surface area contributed by atoms with Crippen molar-refractivity contribution in [1.82, 2.24) is 5.32 Å². The molecule has 0 aromatic rings. The fourth-order valence-electron chi connectivity index (χ4n) is 1.97. The van der Waals surface area contributed by atoms with E-state index in [2.05, 4.69) is 5.32 Å². The molecule has 0 unspecified atom stereocenters. The van der Waals surface area contributed by atoms with E-state index in [4.69, 9.17) is 0 Å². The summed E-state index contributed by atoms with van der Waals surface area (Å²) in [7, 11) is 0. The molecule has 0 bridgehead atoms. The second kappa shape index (κ2) is 5.00. The maximum Gasteiger partial charge on any atom is 0.217 e. The van der Waals surface area contributed by atoms with Crippen molar-refractivity contribution in [3.05, 3.63) is 0 Å². The summed E-state index contributed by atoms with van der Waals surface area (Å²) >= 11 is 0. The Balaban J connectivity index is 2.22. The highest BCUT2D eigenvalue weighted by atomic mass is 16.1. The highest BCUT2D eigenvalue weighted by molar-refractivity contribution is 5.73. The van der Waals surface area contributed by atoms with Crippen LogP contribution in [0.1, 0.15) is 39.0 Å². The monoisotopic (exact) mass is 183 g/mol. The van der Waals surface area contributed by atoms with E-state index in [1.807, 2.05) is 0 Å². The van der Waals surface area contributed by atoms with Crippen LogP contribution in [-0.4, -0.2) is 18.2 Å². The van der Waals surface area contributed by atoms with Crippen LogP contribution in [-0.2, 0) is 9.59 Å². The summed E-state index contributed by atoms with van der Waals surface area (Å²) in [5.74, 6) is 0.612. The standard InChI is InChI=1S/C10H17NO2/c1-8(13)11-10-4-2-9(3-5-10)6-7-12/h7,9-10H,2-6H2,1H3,(H,11,13). The second-order valence-corrected chi connectivity index (χ2v) is 3.82. The molecule has 0 aliphatic heterocycles. The molecule has 1 aliphatic rings. The Bertz CT molecular complexity index is 183. The molecule has 1 fully saturated rings. The number of amides is 1. The van der Waals surface area contributed by atoms with Gasteiger partial charge in [-0.15, -0.1) is 0 Å². The molecular formula is C10H17NO2. The van der Waals surface area contributed by atoms with E-state index < -0.39 is 0 Å². The number of hydrogen-bond acceptors (Lipinski definition) is 2. The first kappa shape index (κ1) is 10.2. The Hall–Kier alpha value is -0.860. The van der Waals surface area contributed by atoms with Crippen LogP contribution < -0.4 is 5.32 Å². The van der Waals surface area contributed by atoms with Crippen molar-refractivity contribution in [2.75, 3.05) is 0 Å². The van der Waals surface area contributed by atoms with Gasteiger partial charge in [0.15, 0.2) is 0 Å². The first-order valence-electron chi connectivity index (χ1n) is 4.93. The molecule has 0 aromatic heterocycles. The van der Waals surface area contributed by atoms with E-state index >= 15 is 0 Å². The molecule has 1 amide bonds. The quantitative estimate of drug-likeness (QED) is 0.670. The topological polar surface area (TPSA) is 46.2 Å². The number of carbonyl (C=O) groups excluding carboxylic acids is 2. The highest BCUT2D eigenvalue weighted by Gasteiger charge is 2.20. The Morgan fingerprint density at radius 2 is 2.00 bits per heavy atom. The van der Waals surface area contributed by atoms with Gasteiger partial charge in [0.2, 0.25) is 5.91 Å². The molecule has 0 radical (unpaired) electrons. The van der Waals surface area contributed by atoms with Gasteiger partial charge in [0, 0.05) is 19.4 Å². The highest BCUT2D eigenvalue weighted by Crippen LogP contribution is 2.25. The van der Waals surface area contributed by atoms with E-state index in [1.54, 1.807) is 6.92 Å². The lowest BCUT2D eigenvalue weighted by Crippen LogP contribution is -2.36. The number of rotatable bonds is 3. The van der Waals surface area contributed by atoms with Crippen molar-refractivity contribution in [2.45, 2.75) is 45.1 Å². The van der Waals surface area contributed by atoms with Gasteiger partial charge in [0.25, 0.3) is 0 Å². The van der Waals surface area contributed by atoms with Crippen LogP contribution in [0.4, 0.5) is 0 Å². The van der Waals surface area contributed by atoms with Gasteiger partial charge in [-0.2, -0.15) is 0 Å². The molecular weight excluding hydrogens is 166 g/mol. The minimum Gasteiger partial charge on any atom is -0.354 e. The molecule has 1 saturated carbocycles. The van der Waals surface area contributed by atoms with Gasteiger partial charge >= 0.3 is 0 Å². The number of nitrogens with one attached hydrogen (secondary N) is 1. The minimum atomic E-state index is 0.0545. The van der Waals surface area contributed by atoms with Gasteiger partial charge < -0.3 is 10.1 Å². The third-order valence-corrected chi connectivity index (χ3v) is 2.68. The van der Waals surface area contributed by atoms with Crippen LogP contribution in [0, 0.1) is 5.92 Å². The fraction of sp³-hybridized carbons (Fsp3) is 0.800. The van der Waals surface area contributed by atoms with Crippen molar-refractivity contribution < 1.29 is 9.59 Å². The molecule has 3 heteroatoms. The minimum absolute atomic E-state index is 0.0545. The Morgan fingerprint density at radius 1 is 1.38 bits per heavy atom. The lowest BCUT2D eigenvalue weighted by Gasteiger charge is -2.27. The molecule has 0 saturated heterocycles. The lowest BCUT2D eigenvalue weighted by atomic mass is 9.84. The second-order valence-electron chi connectivity index (χ2n) is 3.82. The normalized spacial score (nSPS) is 28.1. The Labute approximate surface area is 78.9 Å². The van der Waals surface area contributed by atoms with Crippen molar-refractivity contribution >= 4 is 12.2 Å². The molecule has 3 nitrogen and oxygen atoms in total. The van der Waals surface area contributed by atoms with Crippen LogP contribution >= 0.6 is 0 Å². The third kappa shape index (κ3) is 3.57. The fourth-order valence-corrected chi connectivity index (χ4v) is 1.97. The first-order valence-corrected chi connectivity index (χ1v) is 4.93. The van der Waals surface area contributed by atoms with E-state index in [9.17, 15) is 9.59 Å². The summed E-state index contributed by atoms with van der Waals surface area (Å²) in [5.41, 5.74) is 0. The van der Waals surface area contributed by atoms with Crippen LogP contribution in [0.3, 0.4) is 0 Å². The van der Waals surface area contributed by atoms with Crippen molar-refractivity contribution in [2.24, 2.45) is 5.92 Å². The van der Waals surface area contributed by atoms with E-state index in [0.717, 1.165) is 32.0 Å². The maximum atomic E-state index is 10.8. The smallest absolute Gasteiger partial charge is 0.217 e. The van der Waals surface area contributed by atoms with Gasteiger partial charge in [-0.25, -0.2) is 0 Å². The summed E-state index contributed by atoms with van der Waals surface area (Å²) < 4.78 is 0. The zero-order valence-electron chi connectivity index (χ0n) is 8.08. The SMILES string of the molecule is CC(=O)NC1CCC(CC=O)CC1. The predicted molar refractivity (Wildman–Crippen MR) is 50.2 cm³/mol.